The largest absolute Gasteiger partial charge is 0.309 e. The van der Waals surface area contributed by atoms with E-state index in [1.54, 1.807) is 0 Å². The second kappa shape index (κ2) is 11.4. The predicted molar refractivity (Wildman–Crippen MR) is 202 cm³/mol. The Morgan fingerprint density at radius 1 is 0.347 bits per heavy atom. The molecule has 0 radical (unpaired) electrons. The Kier molecular flexibility index (Phi) is 6.58. The van der Waals surface area contributed by atoms with Crippen LogP contribution < -0.4 is 0 Å². The van der Waals surface area contributed by atoms with Gasteiger partial charge in [-0.05, 0) is 74.1 Å². The maximum atomic E-state index is 10.8. The molecule has 8 aromatic carbocycles. The minimum Gasteiger partial charge on any atom is -0.309 e. The van der Waals surface area contributed by atoms with Crippen molar-refractivity contribution in [3.63, 3.8) is 0 Å². The lowest BCUT2D eigenvalue weighted by molar-refractivity contribution is 1.18. The average Bonchev–Trinajstić information content (AvgIpc) is 3.51. The Morgan fingerprint density at radius 3 is 1.35 bits per heavy atom. The van der Waals surface area contributed by atoms with Crippen LogP contribution in [0.15, 0.2) is 164 Å². The summed E-state index contributed by atoms with van der Waals surface area (Å²) < 4.78 is 2.24. The highest BCUT2D eigenvalue weighted by molar-refractivity contribution is 6.23. The summed E-state index contributed by atoms with van der Waals surface area (Å²) in [5.41, 5.74) is 9.74. The first-order chi connectivity index (χ1) is 24.3. The Balaban J connectivity index is 1.46. The van der Waals surface area contributed by atoms with Crippen molar-refractivity contribution in [3.8, 4) is 51.2 Å². The van der Waals surface area contributed by atoms with Crippen molar-refractivity contribution in [2.75, 3.05) is 0 Å². The third-order valence-corrected chi connectivity index (χ3v) is 9.68. The molecule has 1 heterocycles. The van der Waals surface area contributed by atoms with Gasteiger partial charge in [-0.25, -0.2) is 0 Å². The first-order valence-corrected chi connectivity index (χ1v) is 16.3. The van der Waals surface area contributed by atoms with Crippen molar-refractivity contribution in [3.05, 3.63) is 175 Å². The lowest BCUT2D eigenvalue weighted by Crippen LogP contribution is -2.02. The van der Waals surface area contributed by atoms with E-state index in [0.29, 0.717) is 11.1 Å². The molecule has 0 aliphatic rings. The zero-order valence-electron chi connectivity index (χ0n) is 26.4. The van der Waals surface area contributed by atoms with Gasteiger partial charge in [0.1, 0.15) is 0 Å². The fraction of sp³-hybridized carbons (Fsp3) is 0. The fourth-order valence-electron chi connectivity index (χ4n) is 7.72. The summed E-state index contributed by atoms with van der Waals surface area (Å²) in [6.45, 7) is 0. The molecule has 3 nitrogen and oxygen atoms in total. The van der Waals surface area contributed by atoms with Crippen molar-refractivity contribution in [2.24, 2.45) is 0 Å². The highest BCUT2D eigenvalue weighted by Gasteiger charge is 2.25. The van der Waals surface area contributed by atoms with E-state index in [2.05, 4.69) is 138 Å². The van der Waals surface area contributed by atoms with E-state index >= 15 is 0 Å². The smallest absolute Gasteiger partial charge is 0.0998 e. The standard InChI is InChI=1S/C46H27N3/c47-28-31-16-12-24-39(46-37-22-6-4-20-35(37)43(30-14-2-1-3-15-30)36-21-5-7-23-38(36)46)44(31)45-32(29-48)17-13-27-42(45)49-40-25-10-8-18-33(40)34-19-9-11-26-41(34)49/h1-27H. The molecule has 226 valence electrons. The second-order valence-electron chi connectivity index (χ2n) is 12.2. The molecule has 9 rings (SSSR count). The van der Waals surface area contributed by atoms with E-state index in [1.807, 2.05) is 42.5 Å². The van der Waals surface area contributed by atoms with Crippen molar-refractivity contribution in [1.29, 1.82) is 10.5 Å². The minimum absolute atomic E-state index is 0.512. The molecule has 0 atom stereocenters. The highest BCUT2D eigenvalue weighted by Crippen LogP contribution is 2.48. The van der Waals surface area contributed by atoms with Gasteiger partial charge in [-0.3, -0.25) is 0 Å². The summed E-state index contributed by atoms with van der Waals surface area (Å²) in [4.78, 5) is 0. The van der Waals surface area contributed by atoms with Crippen LogP contribution >= 0.6 is 0 Å². The van der Waals surface area contributed by atoms with E-state index in [9.17, 15) is 10.5 Å². The van der Waals surface area contributed by atoms with Gasteiger partial charge in [-0.1, -0.05) is 133 Å². The number of fused-ring (bicyclic) bond motifs is 5. The molecule has 0 spiro atoms. The van der Waals surface area contributed by atoms with E-state index in [4.69, 9.17) is 0 Å². The monoisotopic (exact) mass is 621 g/mol. The molecule has 0 bridgehead atoms. The zero-order chi connectivity index (χ0) is 32.9. The van der Waals surface area contributed by atoms with Gasteiger partial charge in [0.2, 0.25) is 0 Å². The van der Waals surface area contributed by atoms with Crippen LogP contribution in [0.4, 0.5) is 0 Å². The number of hydrogen-bond acceptors (Lipinski definition) is 2. The number of nitriles is 2. The van der Waals surface area contributed by atoms with Gasteiger partial charge in [0, 0.05) is 21.9 Å². The molecular formula is C46H27N3. The lowest BCUT2D eigenvalue weighted by Gasteiger charge is -2.22. The van der Waals surface area contributed by atoms with Gasteiger partial charge in [0.25, 0.3) is 0 Å². The van der Waals surface area contributed by atoms with E-state index < -0.39 is 0 Å². The molecule has 1 aromatic heterocycles. The van der Waals surface area contributed by atoms with Crippen LogP contribution in [0.25, 0.3) is 82.4 Å². The van der Waals surface area contributed by atoms with Gasteiger partial charge in [-0.15, -0.1) is 0 Å². The van der Waals surface area contributed by atoms with E-state index in [0.717, 1.165) is 76.9 Å². The molecule has 9 aromatic rings. The molecule has 0 amide bonds. The van der Waals surface area contributed by atoms with Crippen molar-refractivity contribution in [1.82, 2.24) is 4.57 Å². The first-order valence-electron chi connectivity index (χ1n) is 16.3. The molecule has 0 unspecified atom stereocenters. The normalized spacial score (nSPS) is 11.2. The Hall–Kier alpha value is -6.94. The zero-order valence-corrected chi connectivity index (χ0v) is 26.4. The fourth-order valence-corrected chi connectivity index (χ4v) is 7.72. The number of benzene rings is 8. The Labute approximate surface area is 283 Å². The summed E-state index contributed by atoms with van der Waals surface area (Å²) in [7, 11) is 0. The van der Waals surface area contributed by atoms with Gasteiger partial charge >= 0.3 is 0 Å². The summed E-state index contributed by atoms with van der Waals surface area (Å²) in [5.74, 6) is 0. The maximum absolute atomic E-state index is 10.8. The molecular weight excluding hydrogens is 595 g/mol. The number of hydrogen-bond donors (Lipinski definition) is 0. The van der Waals surface area contributed by atoms with Crippen LogP contribution in [0.1, 0.15) is 11.1 Å². The molecule has 0 saturated carbocycles. The molecule has 0 aliphatic heterocycles. The number of rotatable bonds is 4. The highest BCUT2D eigenvalue weighted by atomic mass is 15.0. The third-order valence-electron chi connectivity index (χ3n) is 9.68. The minimum atomic E-state index is 0.512. The van der Waals surface area contributed by atoms with Crippen LogP contribution in [0.2, 0.25) is 0 Å². The van der Waals surface area contributed by atoms with Crippen LogP contribution in [0.3, 0.4) is 0 Å². The van der Waals surface area contributed by atoms with Gasteiger partial charge in [0.15, 0.2) is 0 Å². The van der Waals surface area contributed by atoms with Gasteiger partial charge < -0.3 is 4.57 Å². The second-order valence-corrected chi connectivity index (χ2v) is 12.2. The van der Waals surface area contributed by atoms with Gasteiger partial charge in [0.05, 0.1) is 40.0 Å². The SMILES string of the molecule is N#Cc1cccc(-c2c3ccccc3c(-c3ccccc3)c3ccccc23)c1-c1c(C#N)cccc1-n1c2ccccc2c2ccccc21. The third kappa shape index (κ3) is 4.27. The van der Waals surface area contributed by atoms with Crippen LogP contribution in [-0.4, -0.2) is 4.57 Å². The molecule has 0 saturated heterocycles. The van der Waals surface area contributed by atoms with E-state index in [1.165, 1.54) is 5.56 Å². The topological polar surface area (TPSA) is 52.5 Å². The van der Waals surface area contributed by atoms with Crippen molar-refractivity contribution in [2.45, 2.75) is 0 Å². The molecule has 3 heteroatoms. The summed E-state index contributed by atoms with van der Waals surface area (Å²) in [6, 6.07) is 61.2. The number of aromatic nitrogens is 1. The van der Waals surface area contributed by atoms with E-state index in [-0.39, 0.29) is 0 Å². The summed E-state index contributed by atoms with van der Waals surface area (Å²) in [5, 5.41) is 28.2. The van der Waals surface area contributed by atoms with Crippen molar-refractivity contribution < 1.29 is 0 Å². The lowest BCUT2D eigenvalue weighted by atomic mass is 9.82. The summed E-state index contributed by atoms with van der Waals surface area (Å²) in [6.07, 6.45) is 0. The molecule has 49 heavy (non-hydrogen) atoms. The van der Waals surface area contributed by atoms with Crippen LogP contribution in [0, 0.1) is 22.7 Å². The van der Waals surface area contributed by atoms with Gasteiger partial charge in [-0.2, -0.15) is 10.5 Å². The Bertz CT molecular complexity index is 2740. The molecule has 0 fully saturated rings. The predicted octanol–water partition coefficient (Wildman–Crippen LogP) is 11.8. The van der Waals surface area contributed by atoms with Crippen LogP contribution in [-0.2, 0) is 0 Å². The van der Waals surface area contributed by atoms with Crippen LogP contribution in [0.5, 0.6) is 0 Å². The summed E-state index contributed by atoms with van der Waals surface area (Å²) >= 11 is 0. The number of nitrogens with zero attached hydrogens (tertiary/aromatic N) is 3. The van der Waals surface area contributed by atoms with Crippen molar-refractivity contribution >= 4 is 43.4 Å². The molecule has 0 aliphatic carbocycles. The maximum Gasteiger partial charge on any atom is 0.0998 e. The quantitative estimate of drug-likeness (QED) is 0.184. The molecule has 0 N–H and O–H groups in total. The average molecular weight is 622 g/mol. The first kappa shape index (κ1) is 28.3. The number of para-hydroxylation sites is 2. The Morgan fingerprint density at radius 2 is 0.796 bits per heavy atom.